The van der Waals surface area contributed by atoms with Gasteiger partial charge in [0.1, 0.15) is 0 Å². The summed E-state index contributed by atoms with van der Waals surface area (Å²) in [5.41, 5.74) is 36.3. The smallest absolute Gasteiger partial charge is 0.237 e. The molecule has 0 spiro atoms. The molecule has 318 valence electrons. The Morgan fingerprint density at radius 2 is 1.22 bits per heavy atom. The molecule has 0 bridgehead atoms. The number of fused-ring (bicyclic) bond motifs is 5. The largest absolute Gasteiger partial charge is 0.396 e. The summed E-state index contributed by atoms with van der Waals surface area (Å²) in [6, 6.07) is -1.89. The van der Waals surface area contributed by atoms with Crippen LogP contribution < -0.4 is 50.4 Å². The highest BCUT2D eigenvalue weighted by molar-refractivity contribution is 5.82. The monoisotopic (exact) mass is 776 g/mol. The summed E-state index contributed by atoms with van der Waals surface area (Å²) in [5.74, 6) is 1.41. The van der Waals surface area contributed by atoms with Crippen molar-refractivity contribution in [1.29, 1.82) is 0 Å². The first-order valence-corrected chi connectivity index (χ1v) is 22.2. The Morgan fingerprint density at radius 3 is 1.76 bits per heavy atom. The minimum atomic E-state index is -0.602. The van der Waals surface area contributed by atoms with Crippen LogP contribution in [0.15, 0.2) is 0 Å². The highest BCUT2D eigenvalue weighted by atomic mass is 16.3. The van der Waals surface area contributed by atoms with Crippen molar-refractivity contribution in [3.05, 3.63) is 0 Å². The lowest BCUT2D eigenvalue weighted by atomic mass is 9.42. The van der Waals surface area contributed by atoms with Crippen LogP contribution in [0.25, 0.3) is 0 Å². The molecular weight excluding hydrogens is 695 g/mol. The molecule has 0 aromatic carbocycles. The van der Waals surface area contributed by atoms with Gasteiger partial charge in [0.25, 0.3) is 0 Å². The zero-order chi connectivity index (χ0) is 40.3. The van der Waals surface area contributed by atoms with Crippen molar-refractivity contribution in [1.82, 2.24) is 16.0 Å². The Bertz CT molecular complexity index is 1230. The van der Waals surface area contributed by atoms with Gasteiger partial charge >= 0.3 is 0 Å². The number of nitrogens with two attached hydrogens (primary N) is 6. The van der Waals surface area contributed by atoms with E-state index in [4.69, 9.17) is 34.4 Å². The topological polar surface area (TPSA) is 264 Å². The molecule has 4 rings (SSSR count). The van der Waals surface area contributed by atoms with E-state index in [1.807, 2.05) is 0 Å². The number of hydrogen-bond acceptors (Lipinski definition) is 10. The number of amides is 3. The molecule has 3 amide bonds. The summed E-state index contributed by atoms with van der Waals surface area (Å²) >= 11 is 0. The van der Waals surface area contributed by atoms with Crippen LogP contribution in [0.1, 0.15) is 136 Å². The van der Waals surface area contributed by atoms with Crippen LogP contribution in [-0.2, 0) is 14.4 Å². The molecule has 14 atom stereocenters. The molecular formula is C42H81N9O4. The van der Waals surface area contributed by atoms with Crippen LogP contribution in [0.2, 0.25) is 0 Å². The van der Waals surface area contributed by atoms with Crippen LogP contribution in [0, 0.1) is 46.3 Å². The van der Waals surface area contributed by atoms with Crippen molar-refractivity contribution in [3.8, 4) is 0 Å². The number of unbranched alkanes of at least 4 members (excludes halogenated alkanes) is 3. The zero-order valence-electron chi connectivity index (χ0n) is 34.6. The molecule has 0 radical (unpaired) electrons. The molecule has 13 heteroatoms. The lowest BCUT2D eigenvalue weighted by molar-refractivity contribution is -0.154. The van der Waals surface area contributed by atoms with E-state index in [0.29, 0.717) is 50.7 Å². The summed E-state index contributed by atoms with van der Waals surface area (Å²) in [6.07, 6.45) is 14.8. The quantitative estimate of drug-likeness (QED) is 0.0716. The van der Waals surface area contributed by atoms with Gasteiger partial charge in [-0.25, -0.2) is 0 Å². The third-order valence-corrected chi connectivity index (χ3v) is 15.4. The molecule has 0 saturated heterocycles. The van der Waals surface area contributed by atoms with Crippen LogP contribution in [0.3, 0.4) is 0 Å². The van der Waals surface area contributed by atoms with Gasteiger partial charge in [0.15, 0.2) is 0 Å². The molecule has 4 aliphatic carbocycles. The van der Waals surface area contributed by atoms with Gasteiger partial charge in [-0.15, -0.1) is 0 Å². The van der Waals surface area contributed by atoms with Crippen LogP contribution in [0.5, 0.6) is 0 Å². The van der Waals surface area contributed by atoms with Crippen LogP contribution in [-0.4, -0.2) is 85.3 Å². The second-order valence-electron chi connectivity index (χ2n) is 18.7. The summed E-state index contributed by atoms with van der Waals surface area (Å²) in [6.45, 7) is 9.07. The van der Waals surface area contributed by atoms with Crippen molar-refractivity contribution in [2.75, 3.05) is 26.2 Å². The molecule has 0 aromatic heterocycles. The lowest BCUT2D eigenvalue weighted by Crippen LogP contribution is -2.68. The Balaban J connectivity index is 1.68. The van der Waals surface area contributed by atoms with Gasteiger partial charge in [0.05, 0.1) is 18.1 Å². The number of nitrogens with one attached hydrogen (secondary N) is 3. The van der Waals surface area contributed by atoms with Crippen molar-refractivity contribution >= 4 is 17.7 Å². The summed E-state index contributed by atoms with van der Waals surface area (Å²) in [5, 5.41) is 20.2. The van der Waals surface area contributed by atoms with E-state index >= 15 is 0 Å². The molecule has 55 heavy (non-hydrogen) atoms. The van der Waals surface area contributed by atoms with Crippen molar-refractivity contribution in [3.63, 3.8) is 0 Å². The normalized spacial score (nSPS) is 35.0. The molecule has 4 saturated carbocycles. The van der Waals surface area contributed by atoms with Crippen molar-refractivity contribution in [2.45, 2.75) is 173 Å². The summed E-state index contributed by atoms with van der Waals surface area (Å²) in [7, 11) is 0. The Morgan fingerprint density at radius 1 is 0.673 bits per heavy atom. The van der Waals surface area contributed by atoms with E-state index in [2.05, 4.69) is 36.7 Å². The van der Waals surface area contributed by atoms with E-state index in [0.717, 1.165) is 96.3 Å². The van der Waals surface area contributed by atoms with Crippen molar-refractivity contribution < 1.29 is 19.5 Å². The van der Waals surface area contributed by atoms with Crippen molar-refractivity contribution in [2.24, 2.45) is 80.7 Å². The van der Waals surface area contributed by atoms with Gasteiger partial charge in [-0.3, -0.25) is 14.4 Å². The second-order valence-corrected chi connectivity index (χ2v) is 18.7. The molecule has 13 nitrogen and oxygen atoms in total. The Labute approximate surface area is 332 Å². The molecule has 0 aliphatic heterocycles. The number of carbonyl (C=O) groups excluding carboxylic acids is 3. The third kappa shape index (κ3) is 10.8. The van der Waals surface area contributed by atoms with Crippen LogP contribution in [0.4, 0.5) is 0 Å². The first kappa shape index (κ1) is 45.8. The lowest BCUT2D eigenvalue weighted by Gasteiger charge is -2.65. The highest BCUT2D eigenvalue weighted by Crippen LogP contribution is 2.68. The van der Waals surface area contributed by atoms with Gasteiger partial charge in [-0.2, -0.15) is 0 Å². The van der Waals surface area contributed by atoms with Gasteiger partial charge in [-0.05, 0) is 162 Å². The maximum Gasteiger partial charge on any atom is 0.237 e. The number of aliphatic hydroxyl groups excluding tert-OH is 1. The predicted octanol–water partition coefficient (Wildman–Crippen LogP) is 2.10. The molecule has 0 heterocycles. The van der Waals surface area contributed by atoms with E-state index in [9.17, 15) is 19.5 Å². The minimum Gasteiger partial charge on any atom is -0.396 e. The summed E-state index contributed by atoms with van der Waals surface area (Å²) in [4.78, 5) is 41.1. The maximum absolute atomic E-state index is 13.9. The fraction of sp³-hybridized carbons (Fsp3) is 0.929. The predicted molar refractivity (Wildman–Crippen MR) is 220 cm³/mol. The number of carbonyl (C=O) groups is 3. The fourth-order valence-electron chi connectivity index (χ4n) is 12.1. The van der Waals surface area contributed by atoms with E-state index in [-0.39, 0.29) is 77.0 Å². The van der Waals surface area contributed by atoms with Gasteiger partial charge in [0, 0.05) is 24.7 Å². The number of hydrogen-bond donors (Lipinski definition) is 10. The molecule has 4 fully saturated rings. The SMILES string of the molecule is C[C@H](CCCO)[C@H]1CC[C@H]2[C@@H]3[C@H](NC(=O)[C@@H](N)CCCCN)C[C@@H]4C[C@H](NC(=O)[C@@H](N)CCCCN)CC[C@]4(C)[C@H]3C[C@H](NC(=O)[C@@H](N)CCCCN)[C@]12C. The van der Waals surface area contributed by atoms with E-state index in [1.165, 1.54) is 0 Å². The minimum absolute atomic E-state index is 0.0108. The van der Waals surface area contributed by atoms with E-state index in [1.54, 1.807) is 0 Å². The van der Waals surface area contributed by atoms with Gasteiger partial charge < -0.3 is 55.5 Å². The molecule has 0 aromatic rings. The molecule has 16 N–H and O–H groups in total. The number of aliphatic hydroxyl groups is 1. The van der Waals surface area contributed by atoms with Crippen LogP contribution >= 0.6 is 0 Å². The summed E-state index contributed by atoms with van der Waals surface area (Å²) < 4.78 is 0. The molecule has 0 unspecified atom stereocenters. The molecule has 4 aliphatic rings. The Kier molecular flexibility index (Phi) is 17.7. The second kappa shape index (κ2) is 21.2. The fourth-order valence-corrected chi connectivity index (χ4v) is 12.1. The van der Waals surface area contributed by atoms with Gasteiger partial charge in [0.2, 0.25) is 17.7 Å². The first-order chi connectivity index (χ1) is 26.3. The number of rotatable bonds is 22. The maximum atomic E-state index is 13.9. The van der Waals surface area contributed by atoms with E-state index < -0.39 is 18.1 Å². The first-order valence-electron chi connectivity index (χ1n) is 22.2. The zero-order valence-corrected chi connectivity index (χ0v) is 34.6. The third-order valence-electron chi connectivity index (χ3n) is 15.4. The highest BCUT2D eigenvalue weighted by Gasteiger charge is 2.66. The standard InChI is InChI=1S/C42H81N9O4/c1-26(11-10-22-52)29-15-16-30-37-31(25-36(42(29,30)3)51-40(55)34(48)14-6-9-21-45)41(2)18-17-28(49-38(53)32(46)12-4-7-19-43)23-27(41)24-35(37)50-39(54)33(47)13-5-8-20-44/h26-37,52H,4-25,43-48H2,1-3H3,(H,49,53)(H,50,54)(H,51,55)/t26-,27+,28-,29-,30+,31+,32+,33+,34+,35-,36+,37+,41+,42-/m1/s1. The van der Waals surface area contributed by atoms with Gasteiger partial charge in [-0.1, -0.05) is 40.0 Å². The Hall–Kier alpha value is -1.87. The average Bonchev–Trinajstić information content (AvgIpc) is 3.52. The average molecular weight is 776 g/mol.